The third-order valence-electron chi connectivity index (χ3n) is 5.79. The van der Waals surface area contributed by atoms with Gasteiger partial charge in [-0.1, -0.05) is 48.9 Å². The molecule has 160 valence electrons. The third kappa shape index (κ3) is 5.54. The van der Waals surface area contributed by atoms with Crippen LogP contribution < -0.4 is 10.5 Å². The van der Waals surface area contributed by atoms with Gasteiger partial charge in [0.2, 0.25) is 11.8 Å². The van der Waals surface area contributed by atoms with Gasteiger partial charge in [-0.2, -0.15) is 0 Å². The van der Waals surface area contributed by atoms with Crippen molar-refractivity contribution in [2.45, 2.75) is 38.5 Å². The van der Waals surface area contributed by atoms with E-state index in [1.165, 1.54) is 0 Å². The standard InChI is InChI=1S/C24H29ClN2O3/c1-2-21(18-7-4-3-5-8-18)23(29)27-14-6-13-24(16-27,15-22(26)28)17-30-20-11-9-19(25)10-12-20/h3-5,7-12,21H,2,6,13-17H2,1H3,(H2,26,28). The first kappa shape index (κ1) is 22.2. The van der Waals surface area contributed by atoms with Gasteiger partial charge >= 0.3 is 0 Å². The fraction of sp³-hybridized carbons (Fsp3) is 0.417. The number of ether oxygens (including phenoxy) is 1. The molecule has 6 heteroatoms. The molecule has 0 bridgehead atoms. The quantitative estimate of drug-likeness (QED) is 0.677. The van der Waals surface area contributed by atoms with Crippen LogP contribution in [0.5, 0.6) is 5.75 Å². The number of primary amides is 1. The molecule has 1 saturated heterocycles. The monoisotopic (exact) mass is 428 g/mol. The van der Waals surface area contributed by atoms with Crippen LogP contribution >= 0.6 is 11.6 Å². The highest BCUT2D eigenvalue weighted by Crippen LogP contribution is 2.36. The van der Waals surface area contributed by atoms with Gasteiger partial charge in [0.1, 0.15) is 5.75 Å². The second-order valence-electron chi connectivity index (χ2n) is 8.12. The van der Waals surface area contributed by atoms with Crippen LogP contribution in [0.25, 0.3) is 0 Å². The van der Waals surface area contributed by atoms with Crippen molar-refractivity contribution in [3.05, 3.63) is 65.2 Å². The van der Waals surface area contributed by atoms with Gasteiger partial charge in [-0.05, 0) is 49.1 Å². The zero-order chi connectivity index (χ0) is 21.6. The van der Waals surface area contributed by atoms with Crippen molar-refractivity contribution in [3.8, 4) is 5.75 Å². The minimum Gasteiger partial charge on any atom is -0.493 e. The fourth-order valence-corrected chi connectivity index (χ4v) is 4.43. The van der Waals surface area contributed by atoms with Gasteiger partial charge in [-0.15, -0.1) is 0 Å². The Balaban J connectivity index is 1.76. The predicted octanol–water partition coefficient (Wildman–Crippen LogP) is 4.40. The fourth-order valence-electron chi connectivity index (χ4n) is 4.30. The number of benzene rings is 2. The van der Waals surface area contributed by atoms with Gasteiger partial charge in [0.05, 0.1) is 12.5 Å². The first-order chi connectivity index (χ1) is 14.4. The molecule has 0 spiro atoms. The Morgan fingerprint density at radius 1 is 1.17 bits per heavy atom. The van der Waals surface area contributed by atoms with Crippen LogP contribution in [0, 0.1) is 5.41 Å². The molecule has 0 aliphatic carbocycles. The SMILES string of the molecule is CCC(C(=O)N1CCCC(COc2ccc(Cl)cc2)(CC(N)=O)C1)c1ccccc1. The lowest BCUT2D eigenvalue weighted by Gasteiger charge is -2.43. The summed E-state index contributed by atoms with van der Waals surface area (Å²) >= 11 is 5.94. The summed E-state index contributed by atoms with van der Waals surface area (Å²) in [5, 5.41) is 0.634. The number of carbonyl (C=O) groups excluding carboxylic acids is 2. The Morgan fingerprint density at radius 3 is 2.50 bits per heavy atom. The summed E-state index contributed by atoms with van der Waals surface area (Å²) in [5.74, 6) is 0.220. The Hall–Kier alpha value is -2.53. The minimum absolute atomic E-state index is 0.101. The summed E-state index contributed by atoms with van der Waals surface area (Å²) in [6.07, 6.45) is 2.51. The molecule has 2 N–H and O–H groups in total. The molecule has 2 unspecified atom stereocenters. The third-order valence-corrected chi connectivity index (χ3v) is 6.04. The molecule has 2 aromatic carbocycles. The first-order valence-electron chi connectivity index (χ1n) is 10.4. The minimum atomic E-state index is -0.492. The largest absolute Gasteiger partial charge is 0.493 e. The van der Waals surface area contributed by atoms with Gasteiger partial charge in [0.25, 0.3) is 0 Å². The lowest BCUT2D eigenvalue weighted by molar-refractivity contribution is -0.139. The van der Waals surface area contributed by atoms with E-state index >= 15 is 0 Å². The van der Waals surface area contributed by atoms with Crippen molar-refractivity contribution in [2.24, 2.45) is 11.1 Å². The van der Waals surface area contributed by atoms with Gasteiger partial charge < -0.3 is 15.4 Å². The lowest BCUT2D eigenvalue weighted by Crippen LogP contribution is -2.51. The van der Waals surface area contributed by atoms with E-state index in [0.717, 1.165) is 24.8 Å². The number of nitrogens with zero attached hydrogens (tertiary/aromatic N) is 1. The summed E-state index contributed by atoms with van der Waals surface area (Å²) in [7, 11) is 0. The van der Waals surface area contributed by atoms with Crippen LogP contribution in [-0.2, 0) is 9.59 Å². The zero-order valence-electron chi connectivity index (χ0n) is 17.4. The van der Waals surface area contributed by atoms with E-state index in [2.05, 4.69) is 0 Å². The van der Waals surface area contributed by atoms with E-state index in [1.807, 2.05) is 42.2 Å². The number of amides is 2. The molecule has 30 heavy (non-hydrogen) atoms. The molecule has 5 nitrogen and oxygen atoms in total. The van der Waals surface area contributed by atoms with Gasteiger partial charge in [0, 0.05) is 29.9 Å². The summed E-state index contributed by atoms with van der Waals surface area (Å²) in [4.78, 5) is 27.1. The molecule has 1 aliphatic heterocycles. The zero-order valence-corrected chi connectivity index (χ0v) is 18.1. The number of halogens is 1. The van der Waals surface area contributed by atoms with Crippen molar-refractivity contribution < 1.29 is 14.3 Å². The maximum absolute atomic E-state index is 13.4. The predicted molar refractivity (Wildman–Crippen MR) is 118 cm³/mol. The van der Waals surface area contributed by atoms with E-state index in [4.69, 9.17) is 22.1 Å². The van der Waals surface area contributed by atoms with Crippen molar-refractivity contribution in [1.82, 2.24) is 4.90 Å². The smallest absolute Gasteiger partial charge is 0.230 e. The van der Waals surface area contributed by atoms with Crippen LogP contribution in [0.1, 0.15) is 44.1 Å². The van der Waals surface area contributed by atoms with Crippen LogP contribution in [-0.4, -0.2) is 36.4 Å². The summed E-state index contributed by atoms with van der Waals surface area (Å²) in [5.41, 5.74) is 6.11. The molecule has 2 aromatic rings. The van der Waals surface area contributed by atoms with Crippen molar-refractivity contribution in [1.29, 1.82) is 0 Å². The second kappa shape index (κ2) is 9.98. The molecule has 1 aliphatic rings. The molecule has 0 radical (unpaired) electrons. The molecule has 1 heterocycles. The van der Waals surface area contributed by atoms with Crippen molar-refractivity contribution >= 4 is 23.4 Å². The Kier molecular flexibility index (Phi) is 7.38. The molecule has 2 atom stereocenters. The Labute approximate surface area is 183 Å². The molecule has 3 rings (SSSR count). The normalized spacial score (nSPS) is 19.9. The van der Waals surface area contributed by atoms with Gasteiger partial charge in [0.15, 0.2) is 0 Å². The van der Waals surface area contributed by atoms with Crippen molar-refractivity contribution in [3.63, 3.8) is 0 Å². The maximum Gasteiger partial charge on any atom is 0.230 e. The second-order valence-corrected chi connectivity index (χ2v) is 8.56. The Bertz CT molecular complexity index is 857. The molecular weight excluding hydrogens is 400 g/mol. The summed E-state index contributed by atoms with van der Waals surface area (Å²) < 4.78 is 6.00. The highest BCUT2D eigenvalue weighted by Gasteiger charge is 2.40. The summed E-state index contributed by atoms with van der Waals surface area (Å²) in [6.45, 7) is 3.50. The summed E-state index contributed by atoms with van der Waals surface area (Å²) in [6, 6.07) is 17.0. The van der Waals surface area contributed by atoms with Crippen LogP contribution in [0.2, 0.25) is 5.02 Å². The molecule has 0 aromatic heterocycles. The topological polar surface area (TPSA) is 72.6 Å². The van der Waals surface area contributed by atoms with Gasteiger partial charge in [-0.25, -0.2) is 0 Å². The highest BCUT2D eigenvalue weighted by molar-refractivity contribution is 6.30. The van der Waals surface area contributed by atoms with E-state index < -0.39 is 5.41 Å². The van der Waals surface area contributed by atoms with Crippen LogP contribution in [0.3, 0.4) is 0 Å². The van der Waals surface area contributed by atoms with Crippen molar-refractivity contribution in [2.75, 3.05) is 19.7 Å². The highest BCUT2D eigenvalue weighted by atomic mass is 35.5. The number of carbonyl (C=O) groups is 2. The number of likely N-dealkylation sites (tertiary alicyclic amines) is 1. The van der Waals surface area contributed by atoms with Crippen LogP contribution in [0.15, 0.2) is 54.6 Å². The van der Waals surface area contributed by atoms with E-state index in [-0.39, 0.29) is 24.2 Å². The molecule has 1 fully saturated rings. The Morgan fingerprint density at radius 2 is 1.87 bits per heavy atom. The number of hydrogen-bond donors (Lipinski definition) is 1. The number of nitrogens with two attached hydrogens (primary N) is 1. The lowest BCUT2D eigenvalue weighted by atomic mass is 9.77. The van der Waals surface area contributed by atoms with E-state index in [1.54, 1.807) is 24.3 Å². The van der Waals surface area contributed by atoms with E-state index in [0.29, 0.717) is 30.5 Å². The first-order valence-corrected chi connectivity index (χ1v) is 10.8. The molecular formula is C24H29ClN2O3. The van der Waals surface area contributed by atoms with Crippen LogP contribution in [0.4, 0.5) is 0 Å². The molecule has 0 saturated carbocycles. The molecule has 2 amide bonds. The number of piperidine rings is 1. The average molecular weight is 429 g/mol. The maximum atomic E-state index is 13.4. The van der Waals surface area contributed by atoms with Gasteiger partial charge in [-0.3, -0.25) is 9.59 Å². The number of rotatable bonds is 8. The number of hydrogen-bond acceptors (Lipinski definition) is 3. The average Bonchev–Trinajstić information content (AvgIpc) is 2.74. The van der Waals surface area contributed by atoms with E-state index in [9.17, 15) is 9.59 Å².